The molecule has 0 aliphatic carbocycles. The van der Waals surface area contributed by atoms with Crippen molar-refractivity contribution in [2.24, 2.45) is 0 Å². The average Bonchev–Trinajstić information content (AvgIpc) is 2.86. The molecule has 0 unspecified atom stereocenters. The van der Waals surface area contributed by atoms with E-state index in [1.54, 1.807) is 0 Å². The second-order valence-electron chi connectivity index (χ2n) is 4.85. The van der Waals surface area contributed by atoms with Crippen molar-refractivity contribution in [3.63, 3.8) is 0 Å². The normalized spacial score (nSPS) is 11.2. The standard InChI is InChI=1S/C16H15ClN2O/c1-3-5-12-14(18-9-19-16(12)17)13-8-11-7-4-6-10(2)15(11)20-13/h4,6-9H,3,5H2,1-2H3. The van der Waals surface area contributed by atoms with Gasteiger partial charge in [-0.2, -0.15) is 0 Å². The fourth-order valence-corrected chi connectivity index (χ4v) is 2.63. The lowest BCUT2D eigenvalue weighted by Gasteiger charge is -2.06. The van der Waals surface area contributed by atoms with Crippen molar-refractivity contribution >= 4 is 22.6 Å². The summed E-state index contributed by atoms with van der Waals surface area (Å²) in [5.74, 6) is 0.752. The van der Waals surface area contributed by atoms with Crippen LogP contribution in [0, 0.1) is 6.92 Å². The van der Waals surface area contributed by atoms with Crippen LogP contribution < -0.4 is 0 Å². The number of furan rings is 1. The van der Waals surface area contributed by atoms with Crippen LogP contribution >= 0.6 is 11.6 Å². The van der Waals surface area contributed by atoms with Crippen LogP contribution in [0.3, 0.4) is 0 Å². The maximum absolute atomic E-state index is 6.20. The minimum atomic E-state index is 0.508. The molecule has 20 heavy (non-hydrogen) atoms. The smallest absolute Gasteiger partial charge is 0.154 e. The third kappa shape index (κ3) is 2.18. The molecule has 0 amide bonds. The summed E-state index contributed by atoms with van der Waals surface area (Å²) < 4.78 is 5.98. The Bertz CT molecular complexity index is 764. The highest BCUT2D eigenvalue weighted by Crippen LogP contribution is 2.32. The second-order valence-corrected chi connectivity index (χ2v) is 5.20. The first-order chi connectivity index (χ1) is 9.70. The number of halogens is 1. The minimum absolute atomic E-state index is 0.508. The zero-order valence-electron chi connectivity index (χ0n) is 11.5. The number of hydrogen-bond acceptors (Lipinski definition) is 3. The molecule has 2 aromatic heterocycles. The third-order valence-corrected chi connectivity index (χ3v) is 3.69. The average molecular weight is 287 g/mol. The van der Waals surface area contributed by atoms with Crippen LogP contribution in [0.15, 0.2) is 35.0 Å². The summed E-state index contributed by atoms with van der Waals surface area (Å²) in [7, 11) is 0. The Labute approximate surface area is 122 Å². The molecule has 0 spiro atoms. The van der Waals surface area contributed by atoms with E-state index in [0.29, 0.717) is 5.15 Å². The number of rotatable bonds is 3. The molecule has 0 saturated carbocycles. The summed E-state index contributed by atoms with van der Waals surface area (Å²) in [6.45, 7) is 4.14. The summed E-state index contributed by atoms with van der Waals surface area (Å²) >= 11 is 6.20. The van der Waals surface area contributed by atoms with Crippen molar-refractivity contribution in [1.82, 2.24) is 9.97 Å². The highest BCUT2D eigenvalue weighted by Gasteiger charge is 2.15. The van der Waals surface area contributed by atoms with Crippen LogP contribution in [0.4, 0.5) is 0 Å². The molecular weight excluding hydrogens is 272 g/mol. The molecular formula is C16H15ClN2O. The van der Waals surface area contributed by atoms with Gasteiger partial charge in [-0.25, -0.2) is 9.97 Å². The summed E-state index contributed by atoms with van der Waals surface area (Å²) in [4.78, 5) is 8.43. The molecule has 102 valence electrons. The van der Waals surface area contributed by atoms with Crippen LogP contribution in [-0.2, 0) is 6.42 Å². The maximum atomic E-state index is 6.20. The minimum Gasteiger partial charge on any atom is -0.454 e. The lowest BCUT2D eigenvalue weighted by Crippen LogP contribution is -1.95. The molecule has 0 fully saturated rings. The number of hydrogen-bond donors (Lipinski definition) is 0. The first kappa shape index (κ1) is 13.1. The molecule has 0 saturated heterocycles. The molecule has 2 heterocycles. The SMILES string of the molecule is CCCc1c(Cl)ncnc1-c1cc2cccc(C)c2o1. The molecule has 0 atom stereocenters. The summed E-state index contributed by atoms with van der Waals surface area (Å²) in [6.07, 6.45) is 3.31. The van der Waals surface area contributed by atoms with Crippen molar-refractivity contribution < 1.29 is 4.42 Å². The highest BCUT2D eigenvalue weighted by molar-refractivity contribution is 6.30. The summed E-state index contributed by atoms with van der Waals surface area (Å²) in [5, 5.41) is 1.59. The van der Waals surface area contributed by atoms with E-state index in [2.05, 4.69) is 16.9 Å². The molecule has 0 N–H and O–H groups in total. The molecule has 0 aliphatic heterocycles. The molecule has 3 rings (SSSR count). The zero-order valence-corrected chi connectivity index (χ0v) is 12.2. The quantitative estimate of drug-likeness (QED) is 0.649. The fourth-order valence-electron chi connectivity index (χ4n) is 2.40. The Kier molecular flexibility index (Phi) is 3.45. The van der Waals surface area contributed by atoms with E-state index in [1.165, 1.54) is 6.33 Å². The first-order valence-electron chi connectivity index (χ1n) is 6.69. The predicted octanol–water partition coefficient (Wildman–Crippen LogP) is 4.80. The Morgan fingerprint density at radius 3 is 2.85 bits per heavy atom. The topological polar surface area (TPSA) is 38.9 Å². The summed E-state index contributed by atoms with van der Waals surface area (Å²) in [5.41, 5.74) is 3.77. The van der Waals surface area contributed by atoms with Crippen LogP contribution in [-0.4, -0.2) is 9.97 Å². The Hall–Kier alpha value is -1.87. The van der Waals surface area contributed by atoms with E-state index in [0.717, 1.165) is 46.4 Å². The number of aryl methyl sites for hydroxylation is 1. The Balaban J connectivity index is 2.20. The maximum Gasteiger partial charge on any atom is 0.154 e. The van der Waals surface area contributed by atoms with Crippen molar-refractivity contribution in [2.75, 3.05) is 0 Å². The van der Waals surface area contributed by atoms with Crippen LogP contribution in [0.25, 0.3) is 22.4 Å². The number of benzene rings is 1. The molecule has 0 radical (unpaired) electrons. The monoisotopic (exact) mass is 286 g/mol. The van der Waals surface area contributed by atoms with E-state index < -0.39 is 0 Å². The second kappa shape index (κ2) is 5.25. The first-order valence-corrected chi connectivity index (χ1v) is 7.07. The van der Waals surface area contributed by atoms with E-state index >= 15 is 0 Å². The van der Waals surface area contributed by atoms with Crippen molar-refractivity contribution in [3.8, 4) is 11.5 Å². The van der Waals surface area contributed by atoms with Gasteiger partial charge >= 0.3 is 0 Å². The van der Waals surface area contributed by atoms with Gasteiger partial charge in [-0.15, -0.1) is 0 Å². The molecule has 4 heteroatoms. The summed E-state index contributed by atoms with van der Waals surface area (Å²) in [6, 6.07) is 8.12. The lowest BCUT2D eigenvalue weighted by molar-refractivity contribution is 0.624. The number of aromatic nitrogens is 2. The van der Waals surface area contributed by atoms with Crippen LogP contribution in [0.5, 0.6) is 0 Å². The van der Waals surface area contributed by atoms with Gasteiger partial charge in [0.2, 0.25) is 0 Å². The molecule has 1 aromatic carbocycles. The van der Waals surface area contributed by atoms with Crippen molar-refractivity contribution in [1.29, 1.82) is 0 Å². The van der Waals surface area contributed by atoms with Crippen molar-refractivity contribution in [2.45, 2.75) is 26.7 Å². The highest BCUT2D eigenvalue weighted by atomic mass is 35.5. The fraction of sp³-hybridized carbons (Fsp3) is 0.250. The lowest BCUT2D eigenvalue weighted by atomic mass is 10.1. The zero-order chi connectivity index (χ0) is 14.1. The van der Waals surface area contributed by atoms with Gasteiger partial charge in [0.1, 0.15) is 22.8 Å². The van der Waals surface area contributed by atoms with Gasteiger partial charge in [-0.3, -0.25) is 0 Å². The van der Waals surface area contributed by atoms with Gasteiger partial charge in [0.15, 0.2) is 5.76 Å². The Morgan fingerprint density at radius 2 is 2.10 bits per heavy atom. The van der Waals surface area contributed by atoms with E-state index in [4.69, 9.17) is 16.0 Å². The van der Waals surface area contributed by atoms with E-state index in [9.17, 15) is 0 Å². The van der Waals surface area contributed by atoms with E-state index in [1.807, 2.05) is 31.2 Å². The van der Waals surface area contributed by atoms with Crippen molar-refractivity contribution in [3.05, 3.63) is 46.9 Å². The number of nitrogens with zero attached hydrogens (tertiary/aromatic N) is 2. The molecule has 0 aliphatic rings. The molecule has 3 aromatic rings. The number of fused-ring (bicyclic) bond motifs is 1. The van der Waals surface area contributed by atoms with Crippen LogP contribution in [0.1, 0.15) is 24.5 Å². The van der Waals surface area contributed by atoms with Gasteiger partial charge < -0.3 is 4.42 Å². The van der Waals surface area contributed by atoms with Gasteiger partial charge in [0.05, 0.1) is 0 Å². The third-order valence-electron chi connectivity index (χ3n) is 3.37. The van der Waals surface area contributed by atoms with E-state index in [-0.39, 0.29) is 0 Å². The van der Waals surface area contributed by atoms with Gasteiger partial charge in [-0.05, 0) is 25.0 Å². The molecule has 0 bridgehead atoms. The van der Waals surface area contributed by atoms with Gasteiger partial charge in [0, 0.05) is 10.9 Å². The van der Waals surface area contributed by atoms with Crippen LogP contribution in [0.2, 0.25) is 5.15 Å². The molecule has 3 nitrogen and oxygen atoms in total. The Morgan fingerprint density at radius 1 is 1.25 bits per heavy atom. The largest absolute Gasteiger partial charge is 0.454 e. The van der Waals surface area contributed by atoms with Gasteiger partial charge in [0.25, 0.3) is 0 Å². The number of para-hydroxylation sites is 1. The predicted molar refractivity (Wildman–Crippen MR) is 81.0 cm³/mol. The van der Waals surface area contributed by atoms with Gasteiger partial charge in [-0.1, -0.05) is 43.1 Å².